The molecule has 2 heterocycles. The van der Waals surface area contributed by atoms with Crippen molar-refractivity contribution in [2.45, 2.75) is 26.1 Å². The Labute approximate surface area is 188 Å². The van der Waals surface area contributed by atoms with Gasteiger partial charge in [0, 0.05) is 40.6 Å². The average molecular weight is 449 g/mol. The number of hydrogen-bond acceptors (Lipinski definition) is 6. The summed E-state index contributed by atoms with van der Waals surface area (Å²) in [6.45, 7) is 0.222. The summed E-state index contributed by atoms with van der Waals surface area (Å²) in [5, 5.41) is 1.50. The smallest absolute Gasteiger partial charge is 0.306 e. The first-order valence-electron chi connectivity index (χ1n) is 10.6. The largest absolute Gasteiger partial charge is 0.467 e. The van der Waals surface area contributed by atoms with E-state index in [0.29, 0.717) is 33.4 Å². The van der Waals surface area contributed by atoms with Crippen LogP contribution in [0.15, 0.2) is 48.5 Å². The molecule has 0 N–H and O–H groups in total. The normalized spacial score (nSPS) is 14.8. The van der Waals surface area contributed by atoms with E-state index in [-0.39, 0.29) is 51.2 Å². The van der Waals surface area contributed by atoms with Crippen molar-refractivity contribution in [3.8, 4) is 5.75 Å². The maximum atomic E-state index is 13.8. The Morgan fingerprint density at radius 1 is 1.06 bits per heavy atom. The third-order valence-electron chi connectivity index (χ3n) is 5.76. The Morgan fingerprint density at radius 2 is 1.79 bits per heavy atom. The lowest BCUT2D eigenvalue weighted by atomic mass is 9.94. The maximum Gasteiger partial charge on any atom is 0.306 e. The molecule has 2 amide bonds. The van der Waals surface area contributed by atoms with E-state index in [1.165, 1.54) is 17.0 Å². The van der Waals surface area contributed by atoms with Crippen molar-refractivity contribution < 1.29 is 33.0 Å². The summed E-state index contributed by atoms with van der Waals surface area (Å²) in [6.07, 6.45) is 0.254. The molecule has 8 heteroatoms. The molecule has 0 unspecified atom stereocenters. The fourth-order valence-corrected chi connectivity index (χ4v) is 4.26. The minimum absolute atomic E-state index is 0.00435. The number of esters is 1. The number of fused-ring (bicyclic) bond motifs is 1. The van der Waals surface area contributed by atoms with Gasteiger partial charge in [-0.15, -0.1) is 0 Å². The Kier molecular flexibility index (Phi) is 5.51. The van der Waals surface area contributed by atoms with Crippen LogP contribution in [0.2, 0.25) is 0 Å². The molecule has 2 aliphatic heterocycles. The van der Waals surface area contributed by atoms with E-state index >= 15 is 0 Å². The summed E-state index contributed by atoms with van der Waals surface area (Å²) < 4.78 is 29.7. The van der Waals surface area contributed by atoms with Crippen LogP contribution in [0.25, 0.3) is 10.8 Å². The van der Waals surface area contributed by atoms with E-state index in [1.54, 1.807) is 24.3 Å². The SMILES string of the molecule is O=C(CCCN1C(=O)c2cccc3cccc(c23)C1=O)OCc1cc(F)cc2c1OCOC2. The zero-order chi connectivity index (χ0) is 22.9. The summed E-state index contributed by atoms with van der Waals surface area (Å²) in [7, 11) is 0. The topological polar surface area (TPSA) is 82.1 Å². The molecule has 0 spiro atoms. The Balaban J connectivity index is 1.20. The van der Waals surface area contributed by atoms with Gasteiger partial charge in [-0.3, -0.25) is 19.3 Å². The Bertz CT molecular complexity index is 1240. The first-order valence-corrected chi connectivity index (χ1v) is 10.6. The van der Waals surface area contributed by atoms with E-state index in [4.69, 9.17) is 14.2 Å². The van der Waals surface area contributed by atoms with E-state index in [2.05, 4.69) is 0 Å². The van der Waals surface area contributed by atoms with Crippen molar-refractivity contribution in [3.63, 3.8) is 0 Å². The summed E-state index contributed by atoms with van der Waals surface area (Å²) in [5.74, 6) is -1.26. The summed E-state index contributed by atoms with van der Waals surface area (Å²) in [6, 6.07) is 13.3. The van der Waals surface area contributed by atoms with Gasteiger partial charge in [-0.25, -0.2) is 4.39 Å². The van der Waals surface area contributed by atoms with Crippen molar-refractivity contribution in [1.82, 2.24) is 4.90 Å². The maximum absolute atomic E-state index is 13.8. The first kappa shape index (κ1) is 21.1. The van der Waals surface area contributed by atoms with Gasteiger partial charge < -0.3 is 14.2 Å². The lowest BCUT2D eigenvalue weighted by Gasteiger charge is -2.27. The zero-order valence-corrected chi connectivity index (χ0v) is 17.6. The molecular weight excluding hydrogens is 429 g/mol. The van der Waals surface area contributed by atoms with Crippen LogP contribution in [0.5, 0.6) is 5.75 Å². The number of carbonyl (C=O) groups is 3. The molecule has 5 rings (SSSR count). The highest BCUT2D eigenvalue weighted by atomic mass is 19.1. The molecule has 0 aliphatic carbocycles. The molecule has 0 aromatic heterocycles. The first-order chi connectivity index (χ1) is 16.0. The number of ether oxygens (including phenoxy) is 3. The second-order valence-electron chi connectivity index (χ2n) is 7.90. The zero-order valence-electron chi connectivity index (χ0n) is 17.6. The number of amides is 2. The van der Waals surface area contributed by atoms with Crippen LogP contribution in [0.3, 0.4) is 0 Å². The van der Waals surface area contributed by atoms with Gasteiger partial charge >= 0.3 is 5.97 Å². The van der Waals surface area contributed by atoms with Gasteiger partial charge in [-0.2, -0.15) is 0 Å². The van der Waals surface area contributed by atoms with E-state index < -0.39 is 11.8 Å². The molecule has 0 fully saturated rings. The quantitative estimate of drug-likeness (QED) is 0.419. The molecule has 0 radical (unpaired) electrons. The van der Waals surface area contributed by atoms with E-state index in [0.717, 1.165) is 5.39 Å². The second-order valence-corrected chi connectivity index (χ2v) is 7.90. The lowest BCUT2D eigenvalue weighted by molar-refractivity contribution is -0.145. The molecule has 0 saturated carbocycles. The predicted molar refractivity (Wildman–Crippen MR) is 115 cm³/mol. The van der Waals surface area contributed by atoms with Gasteiger partial charge in [-0.05, 0) is 36.1 Å². The monoisotopic (exact) mass is 449 g/mol. The number of nitrogens with zero attached hydrogens (tertiary/aromatic N) is 1. The van der Waals surface area contributed by atoms with Crippen LogP contribution >= 0.6 is 0 Å². The van der Waals surface area contributed by atoms with Crippen LogP contribution in [0.1, 0.15) is 44.7 Å². The van der Waals surface area contributed by atoms with E-state index in [1.807, 2.05) is 12.1 Å². The van der Waals surface area contributed by atoms with Crippen molar-refractivity contribution in [2.75, 3.05) is 13.3 Å². The van der Waals surface area contributed by atoms with Crippen molar-refractivity contribution in [2.24, 2.45) is 0 Å². The molecule has 168 valence electrons. The van der Waals surface area contributed by atoms with Crippen LogP contribution in [0.4, 0.5) is 4.39 Å². The number of hydrogen-bond donors (Lipinski definition) is 0. The van der Waals surface area contributed by atoms with Crippen LogP contribution in [-0.2, 0) is 27.5 Å². The van der Waals surface area contributed by atoms with Gasteiger partial charge in [0.15, 0.2) is 6.79 Å². The summed E-state index contributed by atoms with van der Waals surface area (Å²) in [5.41, 5.74) is 1.94. The van der Waals surface area contributed by atoms with Gasteiger partial charge in [0.05, 0.1) is 6.61 Å². The minimum atomic E-state index is -0.514. The minimum Gasteiger partial charge on any atom is -0.467 e. The second kappa shape index (κ2) is 8.63. The highest BCUT2D eigenvalue weighted by Gasteiger charge is 2.32. The fraction of sp³-hybridized carbons (Fsp3) is 0.240. The van der Waals surface area contributed by atoms with Crippen molar-refractivity contribution in [1.29, 1.82) is 0 Å². The molecule has 0 atom stereocenters. The van der Waals surface area contributed by atoms with Gasteiger partial charge in [0.1, 0.15) is 18.2 Å². The number of rotatable bonds is 6. The van der Waals surface area contributed by atoms with Crippen LogP contribution in [0, 0.1) is 5.82 Å². The van der Waals surface area contributed by atoms with Gasteiger partial charge in [0.25, 0.3) is 11.8 Å². The third-order valence-corrected chi connectivity index (χ3v) is 5.76. The summed E-state index contributed by atoms with van der Waals surface area (Å²) in [4.78, 5) is 39.2. The van der Waals surface area contributed by atoms with Crippen molar-refractivity contribution in [3.05, 3.63) is 76.6 Å². The Morgan fingerprint density at radius 3 is 2.52 bits per heavy atom. The Hall–Kier alpha value is -3.78. The number of carbonyl (C=O) groups excluding carboxylic acids is 3. The lowest BCUT2D eigenvalue weighted by Crippen LogP contribution is -2.41. The standard InChI is InChI=1S/C25H20FNO6/c26-18-10-16-12-31-14-33-23(16)17(11-18)13-32-21(28)8-3-9-27-24(29)19-6-1-4-15-5-2-7-20(22(15)19)25(27)30/h1-2,4-7,10-11H,3,8-9,12-14H2. The highest BCUT2D eigenvalue weighted by molar-refractivity contribution is 6.25. The fourth-order valence-electron chi connectivity index (χ4n) is 4.26. The molecule has 33 heavy (non-hydrogen) atoms. The molecule has 0 bridgehead atoms. The third kappa shape index (κ3) is 3.93. The summed E-state index contributed by atoms with van der Waals surface area (Å²) >= 11 is 0. The van der Waals surface area contributed by atoms with Gasteiger partial charge in [0.2, 0.25) is 0 Å². The molecule has 3 aromatic carbocycles. The molecule has 0 saturated heterocycles. The number of benzene rings is 3. The molecular formula is C25H20FNO6. The predicted octanol–water partition coefficient (Wildman–Crippen LogP) is 3.97. The molecule has 3 aromatic rings. The van der Waals surface area contributed by atoms with Crippen molar-refractivity contribution >= 4 is 28.6 Å². The number of halogens is 1. The van der Waals surface area contributed by atoms with Crippen LogP contribution in [-0.4, -0.2) is 36.0 Å². The van der Waals surface area contributed by atoms with Crippen LogP contribution < -0.4 is 4.74 Å². The average Bonchev–Trinajstić information content (AvgIpc) is 2.82. The molecule has 2 aliphatic rings. The number of imide groups is 1. The molecule has 7 nitrogen and oxygen atoms in total. The highest BCUT2D eigenvalue weighted by Crippen LogP contribution is 2.31. The van der Waals surface area contributed by atoms with Gasteiger partial charge in [-0.1, -0.05) is 24.3 Å². The van der Waals surface area contributed by atoms with E-state index in [9.17, 15) is 18.8 Å².